The fraction of sp³-hybridized carbons (Fsp3) is 0.414. The Balaban J connectivity index is 1.48. The summed E-state index contributed by atoms with van der Waals surface area (Å²) < 4.78 is 33.7. The normalized spacial score (nSPS) is 30.3. The molecular formula is C29H34NO4S+. The van der Waals surface area contributed by atoms with Crippen LogP contribution in [0, 0.1) is 12.8 Å². The number of sulfone groups is 1. The second-order valence-electron chi connectivity index (χ2n) is 9.90. The number of ether oxygens (including phenoxy) is 1. The van der Waals surface area contributed by atoms with Gasteiger partial charge in [0.15, 0.2) is 0 Å². The summed E-state index contributed by atoms with van der Waals surface area (Å²) >= 11 is 0. The van der Waals surface area contributed by atoms with Crippen molar-refractivity contribution in [1.29, 1.82) is 0 Å². The summed E-state index contributed by atoms with van der Waals surface area (Å²) in [7, 11) is -3.78. The SMILES string of the molecule is C=C1CCCOC12C1C=C(S(=O)(=O)C(=C)Cc3cccc4c3CCC=C4)C=CC1N(CC[CH2+])C2O. The molecule has 0 aromatic heterocycles. The Bertz CT molecular complexity index is 1240. The Kier molecular flexibility index (Phi) is 6.43. The maximum absolute atomic E-state index is 13.7. The third-order valence-corrected chi connectivity index (χ3v) is 9.72. The largest absolute Gasteiger partial charge is 0.375 e. The van der Waals surface area contributed by atoms with Crippen LogP contribution < -0.4 is 0 Å². The molecule has 4 atom stereocenters. The van der Waals surface area contributed by atoms with Crippen LogP contribution in [0.15, 0.2) is 71.0 Å². The smallest absolute Gasteiger partial charge is 0.202 e. The van der Waals surface area contributed by atoms with Crippen molar-refractivity contribution in [3.8, 4) is 0 Å². The molecule has 0 radical (unpaired) electrons. The molecule has 5 nitrogen and oxygen atoms in total. The molecule has 184 valence electrons. The highest BCUT2D eigenvalue weighted by Gasteiger charge is 2.61. The van der Waals surface area contributed by atoms with E-state index in [1.807, 2.05) is 23.1 Å². The summed E-state index contributed by atoms with van der Waals surface area (Å²) in [5.74, 6) is -0.353. The Morgan fingerprint density at radius 2 is 2.11 bits per heavy atom. The minimum Gasteiger partial charge on any atom is -0.375 e. The van der Waals surface area contributed by atoms with E-state index in [1.54, 1.807) is 12.2 Å². The van der Waals surface area contributed by atoms with E-state index in [9.17, 15) is 13.5 Å². The fourth-order valence-corrected chi connectivity index (χ4v) is 7.42. The van der Waals surface area contributed by atoms with Crippen molar-refractivity contribution in [3.63, 3.8) is 0 Å². The molecule has 0 amide bonds. The van der Waals surface area contributed by atoms with E-state index in [0.29, 0.717) is 19.6 Å². The standard InChI is InChI=1S/C29H34NO4S/c1-4-16-30-27-15-14-24(19-26(27)29(28(30)31)20(2)9-8-17-34-29)35(32,33)21(3)18-23-12-7-11-22-10-5-6-13-25(22)23/h5,7,10-12,14-15,19,26-28,31H,1-4,6,8-9,13,16-18H2/q+1. The minimum atomic E-state index is -3.78. The van der Waals surface area contributed by atoms with Crippen LogP contribution in [0.1, 0.15) is 42.4 Å². The molecule has 2 fully saturated rings. The van der Waals surface area contributed by atoms with Gasteiger partial charge >= 0.3 is 0 Å². The van der Waals surface area contributed by atoms with Gasteiger partial charge in [0.05, 0.1) is 18.2 Å². The molecule has 1 aromatic carbocycles. The lowest BCUT2D eigenvalue weighted by Crippen LogP contribution is -2.52. The topological polar surface area (TPSA) is 66.8 Å². The third kappa shape index (κ3) is 3.87. The molecule has 2 heterocycles. The Hall–Kier alpha value is -2.38. The van der Waals surface area contributed by atoms with Crippen molar-refractivity contribution in [2.75, 3.05) is 13.2 Å². The number of rotatable bonds is 6. The molecule has 35 heavy (non-hydrogen) atoms. The van der Waals surface area contributed by atoms with E-state index < -0.39 is 21.7 Å². The molecule has 0 saturated carbocycles. The lowest BCUT2D eigenvalue weighted by molar-refractivity contribution is -0.142. The van der Waals surface area contributed by atoms with E-state index in [-0.39, 0.29) is 28.2 Å². The van der Waals surface area contributed by atoms with Gasteiger partial charge in [0.25, 0.3) is 0 Å². The fourth-order valence-electron chi connectivity index (χ4n) is 6.16. The van der Waals surface area contributed by atoms with Crippen molar-refractivity contribution in [2.45, 2.75) is 56.4 Å². The monoisotopic (exact) mass is 492 g/mol. The van der Waals surface area contributed by atoms with Gasteiger partial charge in [-0.3, -0.25) is 4.90 Å². The first-order valence-corrected chi connectivity index (χ1v) is 13.9. The van der Waals surface area contributed by atoms with Crippen molar-refractivity contribution in [3.05, 3.63) is 94.7 Å². The van der Waals surface area contributed by atoms with Gasteiger partial charge in [0.1, 0.15) is 11.8 Å². The zero-order valence-electron chi connectivity index (χ0n) is 20.2. The summed E-state index contributed by atoms with van der Waals surface area (Å²) in [6.45, 7) is 13.3. The number of nitrogens with zero attached hydrogens (tertiary/aromatic N) is 1. The minimum absolute atomic E-state index is 0.179. The number of benzene rings is 1. The predicted octanol–water partition coefficient (Wildman–Crippen LogP) is 4.52. The average Bonchev–Trinajstić information content (AvgIpc) is 3.09. The number of aliphatic hydroxyl groups is 1. The number of fused-ring (bicyclic) bond motifs is 3. The highest BCUT2D eigenvalue weighted by atomic mass is 32.2. The lowest BCUT2D eigenvalue weighted by Gasteiger charge is -2.42. The molecule has 2 aliphatic heterocycles. The number of hydrogen-bond donors (Lipinski definition) is 1. The Labute approximate surface area is 209 Å². The van der Waals surface area contributed by atoms with Crippen LogP contribution in [0.5, 0.6) is 0 Å². The van der Waals surface area contributed by atoms with Crippen LogP contribution in [0.3, 0.4) is 0 Å². The molecule has 4 unspecified atom stereocenters. The number of aliphatic hydroxyl groups excluding tert-OH is 1. The van der Waals surface area contributed by atoms with Crippen LogP contribution in [-0.2, 0) is 27.4 Å². The Morgan fingerprint density at radius 3 is 2.89 bits per heavy atom. The van der Waals surface area contributed by atoms with Gasteiger partial charge in [-0.15, -0.1) is 0 Å². The highest BCUT2D eigenvalue weighted by Crippen LogP contribution is 2.51. The predicted molar refractivity (Wildman–Crippen MR) is 140 cm³/mol. The first kappa shape index (κ1) is 24.3. The van der Waals surface area contributed by atoms with E-state index in [1.165, 1.54) is 5.56 Å². The van der Waals surface area contributed by atoms with E-state index >= 15 is 0 Å². The zero-order valence-corrected chi connectivity index (χ0v) is 21.0. The van der Waals surface area contributed by atoms with E-state index in [0.717, 1.165) is 42.4 Å². The zero-order chi connectivity index (χ0) is 24.8. The molecule has 1 aromatic rings. The number of likely N-dealkylation sites (tertiary alicyclic amines) is 1. The first-order valence-electron chi connectivity index (χ1n) is 12.5. The van der Waals surface area contributed by atoms with Crippen LogP contribution in [0.2, 0.25) is 0 Å². The van der Waals surface area contributed by atoms with Crippen molar-refractivity contribution < 1.29 is 18.3 Å². The Morgan fingerprint density at radius 1 is 1.29 bits per heavy atom. The quantitative estimate of drug-likeness (QED) is 0.467. The molecule has 2 aliphatic carbocycles. The van der Waals surface area contributed by atoms with Crippen LogP contribution in [0.4, 0.5) is 0 Å². The molecule has 1 N–H and O–H groups in total. The maximum atomic E-state index is 13.7. The molecule has 1 spiro atoms. The summed E-state index contributed by atoms with van der Waals surface area (Å²) in [4.78, 5) is 2.36. The molecule has 5 rings (SSSR count). The molecule has 6 heteroatoms. The molecule has 2 saturated heterocycles. The van der Waals surface area contributed by atoms with Crippen LogP contribution >= 0.6 is 0 Å². The first-order chi connectivity index (χ1) is 16.8. The number of hydrogen-bond acceptors (Lipinski definition) is 5. The molecular weight excluding hydrogens is 458 g/mol. The summed E-state index contributed by atoms with van der Waals surface area (Å²) in [5, 5.41) is 11.4. The maximum Gasteiger partial charge on any atom is 0.202 e. The van der Waals surface area contributed by atoms with Crippen molar-refractivity contribution >= 4 is 15.9 Å². The molecule has 4 aliphatic rings. The second kappa shape index (κ2) is 9.25. The second-order valence-corrected chi connectivity index (χ2v) is 12.0. The highest BCUT2D eigenvalue weighted by molar-refractivity contribution is 7.99. The van der Waals surface area contributed by atoms with E-state index in [4.69, 9.17) is 4.74 Å². The summed E-state index contributed by atoms with van der Waals surface area (Å²) in [5.41, 5.74) is 3.17. The number of allylic oxidation sites excluding steroid dienone is 3. The lowest BCUT2D eigenvalue weighted by atomic mass is 9.75. The molecule has 0 bridgehead atoms. The van der Waals surface area contributed by atoms with Crippen LogP contribution in [-0.4, -0.2) is 49.4 Å². The van der Waals surface area contributed by atoms with Gasteiger partial charge < -0.3 is 9.84 Å². The summed E-state index contributed by atoms with van der Waals surface area (Å²) in [6.07, 6.45) is 13.0. The van der Waals surface area contributed by atoms with Gasteiger partial charge in [-0.2, -0.15) is 0 Å². The van der Waals surface area contributed by atoms with Gasteiger partial charge in [0, 0.05) is 36.4 Å². The average molecular weight is 493 g/mol. The van der Waals surface area contributed by atoms with Gasteiger partial charge in [0.2, 0.25) is 9.84 Å². The summed E-state index contributed by atoms with van der Waals surface area (Å²) in [6, 6.07) is 5.86. The van der Waals surface area contributed by atoms with Gasteiger partial charge in [-0.25, -0.2) is 8.42 Å². The van der Waals surface area contributed by atoms with E-state index in [2.05, 4.69) is 38.3 Å². The van der Waals surface area contributed by atoms with Gasteiger partial charge in [-0.1, -0.05) is 55.7 Å². The third-order valence-electron chi connectivity index (χ3n) is 7.92. The van der Waals surface area contributed by atoms with Gasteiger partial charge in [-0.05, 0) is 54.0 Å². The van der Waals surface area contributed by atoms with Crippen molar-refractivity contribution in [2.24, 2.45) is 5.92 Å². The van der Waals surface area contributed by atoms with Crippen molar-refractivity contribution in [1.82, 2.24) is 4.90 Å². The van der Waals surface area contributed by atoms with Crippen LogP contribution in [0.25, 0.3) is 6.08 Å².